The van der Waals surface area contributed by atoms with Gasteiger partial charge in [0, 0.05) is 11.2 Å². The van der Waals surface area contributed by atoms with Crippen molar-refractivity contribution in [2.75, 3.05) is 5.32 Å². The Bertz CT molecular complexity index is 587. The van der Waals surface area contributed by atoms with Crippen LogP contribution in [0.4, 0.5) is 5.69 Å². The van der Waals surface area contributed by atoms with E-state index in [4.69, 9.17) is 16.9 Å². The Morgan fingerprint density at radius 3 is 2.83 bits per heavy atom. The van der Waals surface area contributed by atoms with Crippen molar-refractivity contribution in [2.45, 2.75) is 13.5 Å². The molecule has 4 nitrogen and oxygen atoms in total. The molecule has 90 valence electrons. The van der Waals surface area contributed by atoms with Crippen LogP contribution in [-0.4, -0.2) is 9.97 Å². The third-order valence-electron chi connectivity index (χ3n) is 2.40. The normalized spacial score (nSPS) is 9.83. The first-order chi connectivity index (χ1) is 8.69. The van der Waals surface area contributed by atoms with Gasteiger partial charge < -0.3 is 5.32 Å². The fraction of sp³-hybridized carbons (Fsp3) is 0.154. The number of anilines is 1. The lowest BCUT2D eigenvalue weighted by Gasteiger charge is -2.07. The van der Waals surface area contributed by atoms with E-state index in [1.165, 1.54) is 0 Å². The van der Waals surface area contributed by atoms with E-state index in [0.29, 0.717) is 17.1 Å². The molecule has 1 aromatic heterocycles. The van der Waals surface area contributed by atoms with Gasteiger partial charge in [-0.3, -0.25) is 9.97 Å². The Balaban J connectivity index is 2.11. The quantitative estimate of drug-likeness (QED) is 0.920. The predicted octanol–water partition coefficient (Wildman–Crippen LogP) is 2.92. The molecule has 0 spiro atoms. The van der Waals surface area contributed by atoms with Crippen molar-refractivity contribution in [1.82, 2.24) is 9.97 Å². The van der Waals surface area contributed by atoms with E-state index in [9.17, 15) is 0 Å². The largest absolute Gasteiger partial charge is 0.378 e. The number of rotatable bonds is 3. The molecule has 0 unspecified atom stereocenters. The monoisotopic (exact) mass is 258 g/mol. The number of nitriles is 1. The maximum absolute atomic E-state index is 9.00. The smallest absolute Gasteiger partial charge is 0.101 e. The molecule has 0 atom stereocenters. The molecule has 0 saturated heterocycles. The minimum Gasteiger partial charge on any atom is -0.378 e. The van der Waals surface area contributed by atoms with E-state index in [1.54, 1.807) is 30.6 Å². The molecule has 0 bridgehead atoms. The number of aryl methyl sites for hydroxylation is 1. The molecule has 18 heavy (non-hydrogen) atoms. The Hall–Kier alpha value is -2.12. The van der Waals surface area contributed by atoms with Crippen LogP contribution in [0.25, 0.3) is 0 Å². The van der Waals surface area contributed by atoms with Gasteiger partial charge in [-0.2, -0.15) is 5.26 Å². The average Bonchev–Trinajstić information content (AvgIpc) is 2.39. The summed E-state index contributed by atoms with van der Waals surface area (Å²) in [5, 5.41) is 12.7. The van der Waals surface area contributed by atoms with Gasteiger partial charge in [-0.25, -0.2) is 0 Å². The highest BCUT2D eigenvalue weighted by atomic mass is 35.5. The lowest BCUT2D eigenvalue weighted by atomic mass is 10.2. The minimum absolute atomic E-state index is 0.516. The van der Waals surface area contributed by atoms with Gasteiger partial charge in [0.25, 0.3) is 0 Å². The zero-order chi connectivity index (χ0) is 13.0. The summed E-state index contributed by atoms with van der Waals surface area (Å²) in [4.78, 5) is 8.39. The second-order valence-electron chi connectivity index (χ2n) is 3.80. The van der Waals surface area contributed by atoms with Crippen molar-refractivity contribution in [3.05, 3.63) is 52.6 Å². The minimum atomic E-state index is 0.516. The summed E-state index contributed by atoms with van der Waals surface area (Å²) in [6.45, 7) is 2.40. The molecule has 1 N–H and O–H groups in total. The molecule has 5 heteroatoms. The molecule has 2 rings (SSSR count). The van der Waals surface area contributed by atoms with Crippen LogP contribution >= 0.6 is 11.6 Å². The molecular formula is C13H11ClN4. The molecule has 0 amide bonds. The first-order valence-corrected chi connectivity index (χ1v) is 5.78. The van der Waals surface area contributed by atoms with Crippen LogP contribution in [0.15, 0.2) is 30.6 Å². The second kappa shape index (κ2) is 5.48. The average molecular weight is 259 g/mol. The summed E-state index contributed by atoms with van der Waals surface area (Å²) in [6.07, 6.45) is 3.42. The first kappa shape index (κ1) is 12.3. The molecule has 2 aromatic rings. The maximum atomic E-state index is 9.00. The van der Waals surface area contributed by atoms with Crippen LogP contribution in [0, 0.1) is 18.3 Å². The number of aromatic nitrogens is 2. The van der Waals surface area contributed by atoms with Crippen molar-refractivity contribution in [3.8, 4) is 6.07 Å². The summed E-state index contributed by atoms with van der Waals surface area (Å²) >= 11 is 5.83. The van der Waals surface area contributed by atoms with E-state index >= 15 is 0 Å². The van der Waals surface area contributed by atoms with Crippen molar-refractivity contribution in [3.63, 3.8) is 0 Å². The molecule has 0 saturated carbocycles. The second-order valence-corrected chi connectivity index (χ2v) is 4.24. The summed E-state index contributed by atoms with van der Waals surface area (Å²) in [5.74, 6) is 0. The third kappa shape index (κ3) is 2.96. The van der Waals surface area contributed by atoms with Gasteiger partial charge in [0.2, 0.25) is 0 Å². The standard InChI is InChI=1S/C13H11ClN4/c1-9-6-17-12(7-16-9)8-18-13-3-2-11(14)4-10(13)5-15/h2-4,6-7,18H,8H2,1H3. The molecule has 0 radical (unpaired) electrons. The highest BCUT2D eigenvalue weighted by Crippen LogP contribution is 2.20. The summed E-state index contributed by atoms with van der Waals surface area (Å²) in [7, 11) is 0. The zero-order valence-corrected chi connectivity index (χ0v) is 10.6. The van der Waals surface area contributed by atoms with Crippen molar-refractivity contribution >= 4 is 17.3 Å². The first-order valence-electron chi connectivity index (χ1n) is 5.40. The lowest BCUT2D eigenvalue weighted by molar-refractivity contribution is 0.984. The fourth-order valence-electron chi connectivity index (χ4n) is 1.46. The molecule has 0 aliphatic rings. The number of halogens is 1. The van der Waals surface area contributed by atoms with Crippen LogP contribution in [0.2, 0.25) is 5.02 Å². The highest BCUT2D eigenvalue weighted by Gasteiger charge is 2.03. The van der Waals surface area contributed by atoms with Crippen LogP contribution < -0.4 is 5.32 Å². The highest BCUT2D eigenvalue weighted by molar-refractivity contribution is 6.30. The van der Waals surface area contributed by atoms with E-state index in [-0.39, 0.29) is 0 Å². The van der Waals surface area contributed by atoms with E-state index < -0.39 is 0 Å². The zero-order valence-electron chi connectivity index (χ0n) is 9.81. The molecule has 0 fully saturated rings. The lowest BCUT2D eigenvalue weighted by Crippen LogP contribution is -2.03. The SMILES string of the molecule is Cc1cnc(CNc2ccc(Cl)cc2C#N)cn1. The van der Waals surface area contributed by atoms with Gasteiger partial charge >= 0.3 is 0 Å². The Labute approximate surface area is 110 Å². The van der Waals surface area contributed by atoms with E-state index in [2.05, 4.69) is 21.4 Å². The molecule has 0 aliphatic heterocycles. The van der Waals surface area contributed by atoms with Gasteiger partial charge in [-0.05, 0) is 25.1 Å². The predicted molar refractivity (Wildman–Crippen MR) is 70.3 cm³/mol. The Kier molecular flexibility index (Phi) is 3.75. The van der Waals surface area contributed by atoms with Crippen LogP contribution in [0.5, 0.6) is 0 Å². The number of hydrogen-bond donors (Lipinski definition) is 1. The molecule has 0 aliphatic carbocycles. The van der Waals surface area contributed by atoms with Crippen molar-refractivity contribution in [2.24, 2.45) is 0 Å². The maximum Gasteiger partial charge on any atom is 0.101 e. The molecule has 1 aromatic carbocycles. The molecular weight excluding hydrogens is 248 g/mol. The van der Waals surface area contributed by atoms with Gasteiger partial charge in [-0.1, -0.05) is 11.6 Å². The van der Waals surface area contributed by atoms with Gasteiger partial charge in [0.1, 0.15) is 6.07 Å². The Morgan fingerprint density at radius 1 is 1.33 bits per heavy atom. The van der Waals surface area contributed by atoms with Gasteiger partial charge in [0.15, 0.2) is 0 Å². The van der Waals surface area contributed by atoms with E-state index in [1.807, 2.05) is 6.92 Å². The van der Waals surface area contributed by atoms with Crippen molar-refractivity contribution in [1.29, 1.82) is 5.26 Å². The van der Waals surface area contributed by atoms with Crippen LogP contribution in [0.3, 0.4) is 0 Å². The summed E-state index contributed by atoms with van der Waals surface area (Å²) in [6, 6.07) is 7.25. The van der Waals surface area contributed by atoms with Crippen molar-refractivity contribution < 1.29 is 0 Å². The number of hydrogen-bond acceptors (Lipinski definition) is 4. The van der Waals surface area contributed by atoms with Crippen LogP contribution in [0.1, 0.15) is 17.0 Å². The topological polar surface area (TPSA) is 61.6 Å². The fourth-order valence-corrected chi connectivity index (χ4v) is 1.63. The van der Waals surface area contributed by atoms with Gasteiger partial charge in [0.05, 0.1) is 35.4 Å². The Morgan fingerprint density at radius 2 is 2.17 bits per heavy atom. The number of nitrogens with one attached hydrogen (secondary N) is 1. The summed E-state index contributed by atoms with van der Waals surface area (Å²) < 4.78 is 0. The van der Waals surface area contributed by atoms with Crippen LogP contribution in [-0.2, 0) is 6.54 Å². The third-order valence-corrected chi connectivity index (χ3v) is 2.63. The number of benzene rings is 1. The summed E-state index contributed by atoms with van der Waals surface area (Å²) in [5.41, 5.74) is 2.95. The van der Waals surface area contributed by atoms with Gasteiger partial charge in [-0.15, -0.1) is 0 Å². The van der Waals surface area contributed by atoms with E-state index in [0.717, 1.165) is 17.1 Å². The molecule has 1 heterocycles. The number of nitrogens with zero attached hydrogens (tertiary/aromatic N) is 3.